The number of carbonyl (C=O) groups excluding carboxylic acids is 2. The first-order valence-electron chi connectivity index (χ1n) is 9.96. The molecule has 1 aromatic heterocycles. The van der Waals surface area contributed by atoms with E-state index in [1.165, 1.54) is 0 Å². The van der Waals surface area contributed by atoms with Crippen molar-refractivity contribution < 1.29 is 18.4 Å². The lowest BCUT2D eigenvalue weighted by atomic mass is 9.86. The van der Waals surface area contributed by atoms with Gasteiger partial charge in [-0.2, -0.15) is 0 Å². The third-order valence-electron chi connectivity index (χ3n) is 5.91. The van der Waals surface area contributed by atoms with Crippen LogP contribution in [0, 0.1) is 17.6 Å². The Kier molecular flexibility index (Phi) is 5.28. The molecule has 2 atom stereocenters. The molecule has 4 rings (SSSR count). The first kappa shape index (κ1) is 20.1. The summed E-state index contributed by atoms with van der Waals surface area (Å²) < 4.78 is 26.7. The molecule has 2 amide bonds. The van der Waals surface area contributed by atoms with E-state index in [1.807, 2.05) is 23.1 Å². The van der Waals surface area contributed by atoms with E-state index < -0.39 is 17.5 Å². The van der Waals surface area contributed by atoms with Crippen LogP contribution in [0.5, 0.6) is 0 Å². The van der Waals surface area contributed by atoms with Crippen LogP contribution in [-0.4, -0.2) is 34.8 Å². The summed E-state index contributed by atoms with van der Waals surface area (Å²) in [7, 11) is 0. The Labute approximate surface area is 173 Å². The Bertz CT molecular complexity index is 1100. The predicted molar refractivity (Wildman–Crippen MR) is 111 cm³/mol. The van der Waals surface area contributed by atoms with E-state index in [2.05, 4.69) is 17.2 Å². The first-order valence-corrected chi connectivity index (χ1v) is 9.96. The molecular formula is C23H23F2N3O2. The number of aromatic amines is 1. The Morgan fingerprint density at radius 3 is 2.53 bits per heavy atom. The summed E-state index contributed by atoms with van der Waals surface area (Å²) in [6.45, 7) is 5.32. The predicted octanol–water partition coefficient (Wildman–Crippen LogP) is 4.67. The molecule has 2 aromatic carbocycles. The maximum absolute atomic E-state index is 13.3. The molecule has 0 aliphatic carbocycles. The lowest BCUT2D eigenvalue weighted by Gasteiger charge is -2.20. The SMILES string of the molecule is CC(=O)N1CC[C@@H]([C@H](C)c2ccc3[nH]c(C(=O)Nc4cc(F)cc(F)c4)cc3c2)C1. The summed E-state index contributed by atoms with van der Waals surface area (Å²) in [4.78, 5) is 29.0. The number of amides is 2. The van der Waals surface area contributed by atoms with Crippen LogP contribution >= 0.6 is 0 Å². The second kappa shape index (κ2) is 7.89. The first-order chi connectivity index (χ1) is 14.3. The van der Waals surface area contributed by atoms with E-state index in [9.17, 15) is 18.4 Å². The number of hydrogen-bond acceptors (Lipinski definition) is 2. The van der Waals surface area contributed by atoms with Gasteiger partial charge < -0.3 is 15.2 Å². The van der Waals surface area contributed by atoms with Crippen LogP contribution in [-0.2, 0) is 4.79 Å². The van der Waals surface area contributed by atoms with Crippen LogP contribution in [0.3, 0.4) is 0 Å². The maximum atomic E-state index is 13.3. The third-order valence-corrected chi connectivity index (χ3v) is 5.91. The van der Waals surface area contributed by atoms with Gasteiger partial charge in [0.15, 0.2) is 0 Å². The fourth-order valence-corrected chi connectivity index (χ4v) is 4.13. The van der Waals surface area contributed by atoms with Gasteiger partial charge in [0, 0.05) is 42.7 Å². The number of benzene rings is 2. The molecule has 1 aliphatic rings. The summed E-state index contributed by atoms with van der Waals surface area (Å²) in [6.07, 6.45) is 0.976. The summed E-state index contributed by atoms with van der Waals surface area (Å²) in [5.41, 5.74) is 2.32. The lowest BCUT2D eigenvalue weighted by Crippen LogP contribution is -2.26. The molecule has 3 aromatic rings. The quantitative estimate of drug-likeness (QED) is 0.655. The highest BCUT2D eigenvalue weighted by molar-refractivity contribution is 6.06. The van der Waals surface area contributed by atoms with Crippen LogP contribution in [0.4, 0.5) is 14.5 Å². The highest BCUT2D eigenvalue weighted by Gasteiger charge is 2.29. The lowest BCUT2D eigenvalue weighted by molar-refractivity contribution is -0.127. The number of halogens is 2. The van der Waals surface area contributed by atoms with Crippen molar-refractivity contribution in [3.8, 4) is 0 Å². The van der Waals surface area contributed by atoms with Crippen molar-refractivity contribution in [2.45, 2.75) is 26.2 Å². The van der Waals surface area contributed by atoms with Gasteiger partial charge in [0.1, 0.15) is 17.3 Å². The highest BCUT2D eigenvalue weighted by Crippen LogP contribution is 2.33. The largest absolute Gasteiger partial charge is 0.351 e. The minimum Gasteiger partial charge on any atom is -0.351 e. The van der Waals surface area contributed by atoms with Crippen molar-refractivity contribution >= 4 is 28.4 Å². The van der Waals surface area contributed by atoms with E-state index in [4.69, 9.17) is 0 Å². The third kappa shape index (κ3) is 4.06. The molecule has 0 radical (unpaired) electrons. The Balaban J connectivity index is 1.52. The molecule has 156 valence electrons. The molecule has 0 spiro atoms. The van der Waals surface area contributed by atoms with Gasteiger partial charge in [-0.3, -0.25) is 9.59 Å². The van der Waals surface area contributed by atoms with Gasteiger partial charge in [-0.25, -0.2) is 8.78 Å². The molecule has 2 N–H and O–H groups in total. The zero-order chi connectivity index (χ0) is 21.4. The topological polar surface area (TPSA) is 65.2 Å². The van der Waals surface area contributed by atoms with Gasteiger partial charge in [0.05, 0.1) is 0 Å². The average molecular weight is 411 g/mol. The normalized spacial score (nSPS) is 17.3. The Morgan fingerprint density at radius 1 is 1.13 bits per heavy atom. The van der Waals surface area contributed by atoms with Gasteiger partial charge >= 0.3 is 0 Å². The number of aromatic nitrogens is 1. The van der Waals surface area contributed by atoms with Gasteiger partial charge in [0.25, 0.3) is 5.91 Å². The van der Waals surface area contributed by atoms with Crippen molar-refractivity contribution in [1.82, 2.24) is 9.88 Å². The average Bonchev–Trinajstić information content (AvgIpc) is 3.33. The molecule has 0 saturated carbocycles. The van der Waals surface area contributed by atoms with Crippen molar-refractivity contribution in [2.75, 3.05) is 18.4 Å². The summed E-state index contributed by atoms with van der Waals surface area (Å²) in [5, 5.41) is 3.40. The number of likely N-dealkylation sites (tertiary alicyclic amines) is 1. The number of H-pyrrole nitrogens is 1. The number of anilines is 1. The Morgan fingerprint density at radius 2 is 1.87 bits per heavy atom. The van der Waals surface area contributed by atoms with E-state index in [-0.39, 0.29) is 17.5 Å². The van der Waals surface area contributed by atoms with Crippen molar-refractivity contribution in [2.24, 2.45) is 5.92 Å². The Hall–Kier alpha value is -3.22. The fourth-order valence-electron chi connectivity index (χ4n) is 4.13. The molecule has 30 heavy (non-hydrogen) atoms. The van der Waals surface area contributed by atoms with Crippen LogP contribution in [0.1, 0.15) is 42.2 Å². The van der Waals surface area contributed by atoms with Crippen LogP contribution < -0.4 is 5.32 Å². The van der Waals surface area contributed by atoms with E-state index >= 15 is 0 Å². The number of nitrogens with one attached hydrogen (secondary N) is 2. The number of rotatable bonds is 4. The smallest absolute Gasteiger partial charge is 0.272 e. The van der Waals surface area contributed by atoms with E-state index in [0.29, 0.717) is 11.6 Å². The zero-order valence-corrected chi connectivity index (χ0v) is 16.8. The minimum atomic E-state index is -0.754. The summed E-state index contributed by atoms with van der Waals surface area (Å²) in [5.74, 6) is -1.19. The van der Waals surface area contributed by atoms with Gasteiger partial charge in [0.2, 0.25) is 5.91 Å². The second-order valence-electron chi connectivity index (χ2n) is 7.94. The van der Waals surface area contributed by atoms with E-state index in [0.717, 1.165) is 54.2 Å². The molecule has 1 saturated heterocycles. The molecule has 1 fully saturated rings. The molecule has 2 heterocycles. The molecule has 5 nitrogen and oxygen atoms in total. The standard InChI is InChI=1S/C23H23F2N3O2/c1-13(16-5-6-28(12-16)14(2)29)15-3-4-21-17(7-15)8-22(27-21)23(30)26-20-10-18(24)9-19(25)11-20/h3-4,7-11,13,16,27H,5-6,12H2,1-2H3,(H,26,30)/t13-,16-/m1/s1. The van der Waals surface area contributed by atoms with Gasteiger partial charge in [-0.1, -0.05) is 13.0 Å². The maximum Gasteiger partial charge on any atom is 0.272 e. The number of fused-ring (bicyclic) bond motifs is 1. The van der Waals surface area contributed by atoms with Gasteiger partial charge in [-0.05, 0) is 54.2 Å². The van der Waals surface area contributed by atoms with E-state index in [1.54, 1.807) is 13.0 Å². The molecule has 0 bridgehead atoms. The number of nitrogens with zero attached hydrogens (tertiary/aromatic N) is 1. The second-order valence-corrected chi connectivity index (χ2v) is 7.94. The fraction of sp³-hybridized carbons (Fsp3) is 0.304. The zero-order valence-electron chi connectivity index (χ0n) is 16.8. The number of hydrogen-bond donors (Lipinski definition) is 2. The monoisotopic (exact) mass is 411 g/mol. The van der Waals surface area contributed by atoms with Crippen LogP contribution in [0.25, 0.3) is 10.9 Å². The summed E-state index contributed by atoms with van der Waals surface area (Å²) >= 11 is 0. The molecule has 1 aliphatic heterocycles. The summed E-state index contributed by atoms with van der Waals surface area (Å²) in [6, 6.07) is 10.6. The highest BCUT2D eigenvalue weighted by atomic mass is 19.1. The number of carbonyl (C=O) groups is 2. The van der Waals surface area contributed by atoms with Gasteiger partial charge in [-0.15, -0.1) is 0 Å². The van der Waals surface area contributed by atoms with Crippen molar-refractivity contribution in [3.63, 3.8) is 0 Å². The molecular weight excluding hydrogens is 388 g/mol. The van der Waals surface area contributed by atoms with Crippen molar-refractivity contribution in [3.05, 3.63) is 65.4 Å². The van der Waals surface area contributed by atoms with Crippen LogP contribution in [0.2, 0.25) is 0 Å². The minimum absolute atomic E-state index is 0.0572. The van der Waals surface area contributed by atoms with Crippen molar-refractivity contribution in [1.29, 1.82) is 0 Å². The molecule has 0 unspecified atom stereocenters. The van der Waals surface area contributed by atoms with Crippen LogP contribution in [0.15, 0.2) is 42.5 Å². The molecule has 7 heteroatoms.